The summed E-state index contributed by atoms with van der Waals surface area (Å²) in [6.07, 6.45) is 3.72. The predicted octanol–water partition coefficient (Wildman–Crippen LogP) is 3.14. The topological polar surface area (TPSA) is 21.3 Å². The first-order valence-corrected chi connectivity index (χ1v) is 6.50. The second kappa shape index (κ2) is 4.29. The van der Waals surface area contributed by atoms with Crippen molar-refractivity contribution in [2.45, 2.75) is 24.8 Å². The normalized spacial score (nSPS) is 16.8. The molecule has 1 fully saturated rings. The van der Waals surface area contributed by atoms with Crippen LogP contribution in [0.15, 0.2) is 36.4 Å². The first-order valence-electron chi connectivity index (χ1n) is 6.50. The minimum atomic E-state index is 0.375. The molecule has 1 aliphatic carbocycles. The molecule has 2 heteroatoms. The number of likely N-dealkylation sites (N-methyl/N-ethyl adjacent to an activating group) is 1. The van der Waals surface area contributed by atoms with Crippen LogP contribution in [0.25, 0.3) is 10.8 Å². The third-order valence-corrected chi connectivity index (χ3v) is 4.04. The van der Waals surface area contributed by atoms with Crippen LogP contribution in [-0.2, 0) is 6.42 Å². The number of methoxy groups -OCH3 is 1. The molecule has 2 aromatic carbocycles. The molecule has 1 saturated carbocycles. The van der Waals surface area contributed by atoms with E-state index in [0.29, 0.717) is 5.54 Å². The largest absolute Gasteiger partial charge is 0.497 e. The molecular weight excluding hydrogens is 222 g/mol. The Bertz CT molecular complexity index is 572. The third-order valence-electron chi connectivity index (χ3n) is 4.04. The molecule has 0 radical (unpaired) electrons. The Hall–Kier alpha value is -1.54. The van der Waals surface area contributed by atoms with E-state index in [1.54, 1.807) is 7.11 Å². The molecule has 0 amide bonds. The van der Waals surface area contributed by atoms with E-state index in [9.17, 15) is 0 Å². The zero-order chi connectivity index (χ0) is 12.6. The fourth-order valence-electron chi connectivity index (χ4n) is 2.57. The summed E-state index contributed by atoms with van der Waals surface area (Å²) in [6, 6.07) is 13.0. The monoisotopic (exact) mass is 241 g/mol. The maximum Gasteiger partial charge on any atom is 0.119 e. The van der Waals surface area contributed by atoms with Gasteiger partial charge in [0.2, 0.25) is 0 Å². The molecule has 94 valence electrons. The molecule has 0 saturated heterocycles. The second-order valence-electron chi connectivity index (χ2n) is 5.25. The summed E-state index contributed by atoms with van der Waals surface area (Å²) in [5.74, 6) is 0.920. The lowest BCUT2D eigenvalue weighted by Gasteiger charge is -2.14. The van der Waals surface area contributed by atoms with E-state index in [-0.39, 0.29) is 0 Å². The van der Waals surface area contributed by atoms with Crippen LogP contribution in [0.5, 0.6) is 5.75 Å². The Balaban J connectivity index is 1.91. The van der Waals surface area contributed by atoms with Crippen molar-refractivity contribution in [2.75, 3.05) is 14.2 Å². The molecule has 2 nitrogen and oxygen atoms in total. The molecule has 0 aromatic heterocycles. The van der Waals surface area contributed by atoms with E-state index in [0.717, 1.165) is 12.2 Å². The number of hydrogen-bond acceptors (Lipinski definition) is 2. The van der Waals surface area contributed by atoms with Gasteiger partial charge in [-0.05, 0) is 54.8 Å². The van der Waals surface area contributed by atoms with Crippen molar-refractivity contribution in [1.29, 1.82) is 0 Å². The molecule has 3 rings (SSSR count). The molecule has 1 N–H and O–H groups in total. The van der Waals surface area contributed by atoms with E-state index in [2.05, 4.69) is 42.7 Å². The first-order chi connectivity index (χ1) is 8.74. The Morgan fingerprint density at radius 1 is 1.11 bits per heavy atom. The molecule has 0 heterocycles. The van der Waals surface area contributed by atoms with E-state index in [1.165, 1.54) is 29.2 Å². The highest BCUT2D eigenvalue weighted by molar-refractivity contribution is 5.84. The minimum Gasteiger partial charge on any atom is -0.497 e. The van der Waals surface area contributed by atoms with Crippen molar-refractivity contribution >= 4 is 10.8 Å². The van der Waals surface area contributed by atoms with Crippen LogP contribution < -0.4 is 10.1 Å². The van der Waals surface area contributed by atoms with Gasteiger partial charge in [0.05, 0.1) is 7.11 Å². The van der Waals surface area contributed by atoms with Gasteiger partial charge >= 0.3 is 0 Å². The molecule has 0 spiro atoms. The van der Waals surface area contributed by atoms with Crippen molar-refractivity contribution in [2.24, 2.45) is 0 Å². The lowest BCUT2D eigenvalue weighted by atomic mass is 10.0. The summed E-state index contributed by atoms with van der Waals surface area (Å²) < 4.78 is 5.25. The van der Waals surface area contributed by atoms with Crippen LogP contribution in [0.2, 0.25) is 0 Å². The van der Waals surface area contributed by atoms with Gasteiger partial charge in [0.25, 0.3) is 0 Å². The average Bonchev–Trinajstić information content (AvgIpc) is 3.18. The second-order valence-corrected chi connectivity index (χ2v) is 5.25. The quantitative estimate of drug-likeness (QED) is 0.888. The number of hydrogen-bond donors (Lipinski definition) is 1. The Kier molecular flexibility index (Phi) is 2.75. The highest BCUT2D eigenvalue weighted by Crippen LogP contribution is 2.38. The highest BCUT2D eigenvalue weighted by Gasteiger charge is 2.40. The fourth-order valence-corrected chi connectivity index (χ4v) is 2.57. The third kappa shape index (κ3) is 2.08. The van der Waals surface area contributed by atoms with Crippen LogP contribution in [-0.4, -0.2) is 19.7 Å². The molecule has 0 unspecified atom stereocenters. The molecular formula is C16H19NO. The lowest BCUT2D eigenvalue weighted by Crippen LogP contribution is -2.29. The van der Waals surface area contributed by atoms with Gasteiger partial charge in [-0.3, -0.25) is 0 Å². The summed E-state index contributed by atoms with van der Waals surface area (Å²) in [4.78, 5) is 0. The van der Waals surface area contributed by atoms with Crippen LogP contribution in [0.1, 0.15) is 18.4 Å². The summed E-state index contributed by atoms with van der Waals surface area (Å²) >= 11 is 0. The molecule has 18 heavy (non-hydrogen) atoms. The summed E-state index contributed by atoms with van der Waals surface area (Å²) in [6.45, 7) is 0. The zero-order valence-electron chi connectivity index (χ0n) is 11.0. The maximum absolute atomic E-state index is 5.25. The molecule has 1 aliphatic rings. The van der Waals surface area contributed by atoms with Crippen molar-refractivity contribution in [3.63, 3.8) is 0 Å². The van der Waals surface area contributed by atoms with Gasteiger partial charge in [0.1, 0.15) is 5.75 Å². The molecule has 0 bridgehead atoms. The lowest BCUT2D eigenvalue weighted by molar-refractivity contribution is 0.415. The average molecular weight is 241 g/mol. The smallest absolute Gasteiger partial charge is 0.119 e. The summed E-state index contributed by atoms with van der Waals surface area (Å²) in [7, 11) is 3.78. The van der Waals surface area contributed by atoms with Crippen LogP contribution >= 0.6 is 0 Å². The standard InChI is InChI=1S/C16H19NO/c1-17-16(7-8-16)11-12-3-4-14-10-15(18-2)6-5-13(14)9-12/h3-6,9-10,17H,7-8,11H2,1-2H3. The van der Waals surface area contributed by atoms with Gasteiger partial charge in [-0.25, -0.2) is 0 Å². The van der Waals surface area contributed by atoms with Gasteiger partial charge in [-0.1, -0.05) is 24.3 Å². The molecule has 0 atom stereocenters. The summed E-state index contributed by atoms with van der Waals surface area (Å²) in [5.41, 5.74) is 1.79. The zero-order valence-corrected chi connectivity index (χ0v) is 11.0. The van der Waals surface area contributed by atoms with Crippen LogP contribution in [0, 0.1) is 0 Å². The van der Waals surface area contributed by atoms with Crippen LogP contribution in [0.4, 0.5) is 0 Å². The van der Waals surface area contributed by atoms with Gasteiger partial charge < -0.3 is 10.1 Å². The first kappa shape index (κ1) is 11.5. The number of nitrogens with one attached hydrogen (secondary N) is 1. The van der Waals surface area contributed by atoms with E-state index in [4.69, 9.17) is 4.74 Å². The Morgan fingerprint density at radius 3 is 2.50 bits per heavy atom. The van der Waals surface area contributed by atoms with Gasteiger partial charge in [0.15, 0.2) is 0 Å². The molecule has 0 aliphatic heterocycles. The number of rotatable bonds is 4. The van der Waals surface area contributed by atoms with Gasteiger partial charge in [-0.2, -0.15) is 0 Å². The fraction of sp³-hybridized carbons (Fsp3) is 0.375. The van der Waals surface area contributed by atoms with Crippen molar-refractivity contribution in [3.8, 4) is 5.75 Å². The maximum atomic E-state index is 5.25. The molecule has 2 aromatic rings. The van der Waals surface area contributed by atoms with Crippen LogP contribution in [0.3, 0.4) is 0 Å². The minimum absolute atomic E-state index is 0.375. The van der Waals surface area contributed by atoms with Crippen molar-refractivity contribution in [3.05, 3.63) is 42.0 Å². The van der Waals surface area contributed by atoms with Crippen molar-refractivity contribution < 1.29 is 4.74 Å². The van der Waals surface area contributed by atoms with Gasteiger partial charge in [0, 0.05) is 5.54 Å². The Morgan fingerprint density at radius 2 is 1.83 bits per heavy atom. The number of benzene rings is 2. The predicted molar refractivity (Wildman–Crippen MR) is 75.2 cm³/mol. The number of fused-ring (bicyclic) bond motifs is 1. The summed E-state index contributed by atoms with van der Waals surface area (Å²) in [5, 5.41) is 5.98. The van der Waals surface area contributed by atoms with E-state index >= 15 is 0 Å². The van der Waals surface area contributed by atoms with Gasteiger partial charge in [-0.15, -0.1) is 0 Å². The van der Waals surface area contributed by atoms with E-state index in [1.807, 2.05) is 6.07 Å². The SMILES string of the molecule is CNC1(Cc2ccc3cc(OC)ccc3c2)CC1. The van der Waals surface area contributed by atoms with Crippen molar-refractivity contribution in [1.82, 2.24) is 5.32 Å². The van der Waals surface area contributed by atoms with E-state index < -0.39 is 0 Å². The number of ether oxygens (including phenoxy) is 1. The Labute approximate surface area is 108 Å². The highest BCUT2D eigenvalue weighted by atomic mass is 16.5.